The third-order valence-corrected chi connectivity index (χ3v) is 6.36. The lowest BCUT2D eigenvalue weighted by Gasteiger charge is -2.22. The molecule has 2 aromatic heterocycles. The quantitative estimate of drug-likeness (QED) is 0.512. The second-order valence-corrected chi connectivity index (χ2v) is 8.66. The Morgan fingerprint density at radius 3 is 2.48 bits per heavy atom. The Bertz CT molecular complexity index is 1080. The Balaban J connectivity index is 1.47. The van der Waals surface area contributed by atoms with Crippen molar-refractivity contribution in [1.29, 1.82) is 0 Å². The van der Waals surface area contributed by atoms with Gasteiger partial charge < -0.3 is 10.1 Å². The Hall–Kier alpha value is -3.40. The van der Waals surface area contributed by atoms with E-state index in [-0.39, 0.29) is 17.7 Å². The molecule has 2 heterocycles. The summed E-state index contributed by atoms with van der Waals surface area (Å²) in [6.45, 7) is 0. The zero-order valence-corrected chi connectivity index (χ0v) is 19.2. The number of methoxy groups -OCH3 is 1. The number of rotatable bonds is 7. The third-order valence-electron chi connectivity index (χ3n) is 5.43. The van der Waals surface area contributed by atoms with Crippen molar-refractivity contribution in [3.05, 3.63) is 48.8 Å². The van der Waals surface area contributed by atoms with Crippen molar-refractivity contribution in [3.63, 3.8) is 0 Å². The SMILES string of the molecule is COc1ccc(-n2c(SCC(=O)NC(=O)NC3CCCCC3)nnc2-c2ccncc2)cc1. The van der Waals surface area contributed by atoms with Gasteiger partial charge in [-0.25, -0.2) is 4.79 Å². The molecule has 1 aromatic carbocycles. The highest BCUT2D eigenvalue weighted by Crippen LogP contribution is 2.28. The monoisotopic (exact) mass is 466 g/mol. The van der Waals surface area contributed by atoms with Gasteiger partial charge in [0.1, 0.15) is 5.75 Å². The number of ether oxygens (including phenoxy) is 1. The summed E-state index contributed by atoms with van der Waals surface area (Å²) in [4.78, 5) is 28.6. The summed E-state index contributed by atoms with van der Waals surface area (Å²) in [5.74, 6) is 1.00. The molecule has 2 N–H and O–H groups in total. The molecule has 1 aliphatic carbocycles. The minimum atomic E-state index is -0.443. The predicted molar refractivity (Wildman–Crippen MR) is 125 cm³/mol. The number of hydrogen-bond donors (Lipinski definition) is 2. The first kappa shape index (κ1) is 22.8. The Morgan fingerprint density at radius 2 is 1.79 bits per heavy atom. The van der Waals surface area contributed by atoms with Gasteiger partial charge in [-0.15, -0.1) is 10.2 Å². The van der Waals surface area contributed by atoms with Crippen LogP contribution in [-0.2, 0) is 4.79 Å². The molecule has 172 valence electrons. The Kier molecular flexibility index (Phi) is 7.56. The van der Waals surface area contributed by atoms with Crippen LogP contribution in [0.2, 0.25) is 0 Å². The van der Waals surface area contributed by atoms with E-state index in [0.29, 0.717) is 11.0 Å². The highest BCUT2D eigenvalue weighted by molar-refractivity contribution is 7.99. The molecule has 0 unspecified atom stereocenters. The van der Waals surface area contributed by atoms with E-state index in [1.807, 2.05) is 41.0 Å². The van der Waals surface area contributed by atoms with Crippen LogP contribution in [0.1, 0.15) is 32.1 Å². The summed E-state index contributed by atoms with van der Waals surface area (Å²) < 4.78 is 7.13. The van der Waals surface area contributed by atoms with Crippen LogP contribution >= 0.6 is 11.8 Å². The average molecular weight is 467 g/mol. The molecule has 0 saturated heterocycles. The lowest BCUT2D eigenvalue weighted by atomic mass is 9.96. The smallest absolute Gasteiger partial charge is 0.321 e. The molecular weight excluding hydrogens is 440 g/mol. The fourth-order valence-electron chi connectivity index (χ4n) is 3.78. The minimum Gasteiger partial charge on any atom is -0.497 e. The first-order chi connectivity index (χ1) is 16.1. The van der Waals surface area contributed by atoms with E-state index in [2.05, 4.69) is 25.8 Å². The second-order valence-electron chi connectivity index (χ2n) is 7.72. The summed E-state index contributed by atoms with van der Waals surface area (Å²) in [7, 11) is 1.61. The van der Waals surface area contributed by atoms with Crippen molar-refractivity contribution in [2.75, 3.05) is 12.9 Å². The zero-order valence-electron chi connectivity index (χ0n) is 18.4. The molecule has 1 saturated carbocycles. The van der Waals surface area contributed by atoms with Crippen LogP contribution in [0.5, 0.6) is 5.75 Å². The number of nitrogens with zero attached hydrogens (tertiary/aromatic N) is 4. The van der Waals surface area contributed by atoms with Crippen molar-refractivity contribution < 1.29 is 14.3 Å². The van der Waals surface area contributed by atoms with E-state index >= 15 is 0 Å². The molecule has 0 spiro atoms. The van der Waals surface area contributed by atoms with Gasteiger partial charge in [-0.3, -0.25) is 19.7 Å². The van der Waals surface area contributed by atoms with Crippen LogP contribution in [0.4, 0.5) is 4.79 Å². The number of nitrogens with one attached hydrogen (secondary N) is 2. The summed E-state index contributed by atoms with van der Waals surface area (Å²) in [6, 6.07) is 10.9. The topological polar surface area (TPSA) is 111 Å². The fraction of sp³-hybridized carbons (Fsp3) is 0.348. The van der Waals surface area contributed by atoms with E-state index in [1.54, 1.807) is 19.5 Å². The van der Waals surface area contributed by atoms with Gasteiger partial charge in [-0.1, -0.05) is 31.0 Å². The second kappa shape index (κ2) is 11.0. The van der Waals surface area contributed by atoms with Gasteiger partial charge in [0.2, 0.25) is 5.91 Å². The van der Waals surface area contributed by atoms with Crippen LogP contribution < -0.4 is 15.4 Å². The lowest BCUT2D eigenvalue weighted by Crippen LogP contribution is -2.45. The van der Waals surface area contributed by atoms with Crippen molar-refractivity contribution in [2.24, 2.45) is 0 Å². The van der Waals surface area contributed by atoms with Crippen molar-refractivity contribution in [3.8, 4) is 22.8 Å². The molecular formula is C23H26N6O3S. The summed E-state index contributed by atoms with van der Waals surface area (Å²) in [6.07, 6.45) is 8.70. The number of hydrogen-bond acceptors (Lipinski definition) is 7. The average Bonchev–Trinajstić information content (AvgIpc) is 3.28. The maximum absolute atomic E-state index is 12.4. The molecule has 1 aliphatic rings. The van der Waals surface area contributed by atoms with E-state index in [4.69, 9.17) is 4.74 Å². The van der Waals surface area contributed by atoms with E-state index in [1.165, 1.54) is 18.2 Å². The number of carbonyl (C=O) groups excluding carboxylic acids is 2. The lowest BCUT2D eigenvalue weighted by molar-refractivity contribution is -0.117. The first-order valence-electron chi connectivity index (χ1n) is 10.9. The van der Waals surface area contributed by atoms with Crippen LogP contribution in [0, 0.1) is 0 Å². The highest BCUT2D eigenvalue weighted by Gasteiger charge is 2.20. The summed E-state index contributed by atoms with van der Waals surface area (Å²) in [5.41, 5.74) is 1.67. The molecule has 3 aromatic rings. The Labute approximate surface area is 196 Å². The van der Waals surface area contributed by atoms with Gasteiger partial charge in [0, 0.05) is 29.7 Å². The third kappa shape index (κ3) is 5.89. The van der Waals surface area contributed by atoms with Gasteiger partial charge in [0.05, 0.1) is 12.9 Å². The number of aromatic nitrogens is 4. The van der Waals surface area contributed by atoms with Gasteiger partial charge in [0.25, 0.3) is 0 Å². The van der Waals surface area contributed by atoms with Crippen molar-refractivity contribution in [2.45, 2.75) is 43.3 Å². The number of thioether (sulfide) groups is 1. The number of urea groups is 1. The van der Waals surface area contributed by atoms with Crippen molar-refractivity contribution >= 4 is 23.7 Å². The normalized spacial score (nSPS) is 14.0. The molecule has 9 nitrogen and oxygen atoms in total. The van der Waals surface area contributed by atoms with Crippen LogP contribution in [0.25, 0.3) is 17.1 Å². The summed E-state index contributed by atoms with van der Waals surface area (Å²) >= 11 is 1.21. The van der Waals surface area contributed by atoms with Gasteiger partial charge in [0.15, 0.2) is 11.0 Å². The maximum atomic E-state index is 12.4. The molecule has 4 rings (SSSR count). The molecule has 33 heavy (non-hydrogen) atoms. The highest BCUT2D eigenvalue weighted by atomic mass is 32.2. The number of carbonyl (C=O) groups is 2. The molecule has 0 aliphatic heterocycles. The van der Waals surface area contributed by atoms with E-state index < -0.39 is 6.03 Å². The number of imide groups is 1. The van der Waals surface area contributed by atoms with E-state index in [0.717, 1.165) is 42.7 Å². The van der Waals surface area contributed by atoms with Crippen LogP contribution in [0.3, 0.4) is 0 Å². The van der Waals surface area contributed by atoms with Gasteiger partial charge in [-0.05, 0) is 49.2 Å². The van der Waals surface area contributed by atoms with E-state index in [9.17, 15) is 9.59 Å². The van der Waals surface area contributed by atoms with Crippen molar-refractivity contribution in [1.82, 2.24) is 30.4 Å². The molecule has 1 fully saturated rings. The van der Waals surface area contributed by atoms with Gasteiger partial charge in [-0.2, -0.15) is 0 Å². The maximum Gasteiger partial charge on any atom is 0.321 e. The molecule has 0 bridgehead atoms. The van der Waals surface area contributed by atoms with Crippen LogP contribution in [0.15, 0.2) is 53.9 Å². The molecule has 10 heteroatoms. The zero-order chi connectivity index (χ0) is 23.0. The molecule has 0 atom stereocenters. The number of pyridine rings is 1. The Morgan fingerprint density at radius 1 is 1.06 bits per heavy atom. The minimum absolute atomic E-state index is 0.0305. The largest absolute Gasteiger partial charge is 0.497 e. The standard InChI is InChI=1S/C23H26N6O3S/c1-32-19-9-7-18(8-10-19)29-21(16-11-13-24-14-12-16)27-28-23(29)33-15-20(30)26-22(31)25-17-5-3-2-4-6-17/h7-14,17H,2-6,15H2,1H3,(H2,25,26,30,31). The number of benzene rings is 1. The first-order valence-corrected chi connectivity index (χ1v) is 11.9. The van der Waals surface area contributed by atoms with Gasteiger partial charge >= 0.3 is 6.03 Å². The molecule has 0 radical (unpaired) electrons. The summed E-state index contributed by atoms with van der Waals surface area (Å²) in [5, 5.41) is 14.5. The fourth-order valence-corrected chi connectivity index (χ4v) is 4.53. The number of amides is 3. The predicted octanol–water partition coefficient (Wildman–Crippen LogP) is 3.59. The van der Waals surface area contributed by atoms with Crippen LogP contribution in [-0.4, -0.2) is 50.6 Å². The molecule has 3 amide bonds.